The lowest BCUT2D eigenvalue weighted by atomic mass is 10.0. The predicted octanol–water partition coefficient (Wildman–Crippen LogP) is 3.03. The number of benzene rings is 1. The van der Waals surface area contributed by atoms with Gasteiger partial charge < -0.3 is 0 Å². The second-order valence-corrected chi connectivity index (χ2v) is 3.23. The monoisotopic (exact) mass is 229 g/mol. The van der Waals surface area contributed by atoms with Crippen LogP contribution in [0.2, 0.25) is 0 Å². The lowest BCUT2D eigenvalue weighted by Crippen LogP contribution is -1.92. The van der Waals surface area contributed by atoms with Gasteiger partial charge in [-0.05, 0) is 17.5 Å². The Kier molecular flexibility index (Phi) is 5.20. The van der Waals surface area contributed by atoms with Crippen LogP contribution < -0.4 is 0 Å². The van der Waals surface area contributed by atoms with Gasteiger partial charge in [-0.15, -0.1) is 0 Å². The van der Waals surface area contributed by atoms with Gasteiger partial charge in [-0.1, -0.05) is 35.5 Å². The van der Waals surface area contributed by atoms with Gasteiger partial charge in [0.05, 0.1) is 0 Å². The van der Waals surface area contributed by atoms with Crippen LogP contribution in [0.15, 0.2) is 29.4 Å². The van der Waals surface area contributed by atoms with E-state index in [1.807, 2.05) is 0 Å². The van der Waals surface area contributed by atoms with E-state index in [0.717, 1.165) is 0 Å². The fourth-order valence-corrected chi connectivity index (χ4v) is 1.38. The van der Waals surface area contributed by atoms with E-state index in [9.17, 15) is 9.59 Å². The molecule has 1 aromatic carbocycles. The van der Waals surface area contributed by atoms with Gasteiger partial charge in [-0.25, -0.2) is 0 Å². The maximum absolute atomic E-state index is 10.8. The van der Waals surface area contributed by atoms with Crippen LogP contribution in [0.5, 0.6) is 0 Å². The van der Waals surface area contributed by atoms with E-state index in [4.69, 9.17) is 5.53 Å². The van der Waals surface area contributed by atoms with Crippen molar-refractivity contribution in [3.05, 3.63) is 51.4 Å². The predicted molar refractivity (Wildman–Crippen MR) is 64.9 cm³/mol. The summed E-state index contributed by atoms with van der Waals surface area (Å²) in [7, 11) is 0. The number of carbonyl (C=O) groups is 2. The minimum atomic E-state index is 0.354. The first-order valence-electron chi connectivity index (χ1n) is 5.04. The molecule has 0 unspecified atom stereocenters. The minimum absolute atomic E-state index is 0.354. The van der Waals surface area contributed by atoms with Crippen molar-refractivity contribution in [2.45, 2.75) is 6.42 Å². The van der Waals surface area contributed by atoms with Gasteiger partial charge >= 0.3 is 0 Å². The van der Waals surface area contributed by atoms with Gasteiger partial charge in [0.2, 0.25) is 0 Å². The van der Waals surface area contributed by atoms with Crippen LogP contribution in [-0.4, -0.2) is 19.1 Å². The number of hydrogen-bond acceptors (Lipinski definition) is 3. The van der Waals surface area contributed by atoms with Crippen LogP contribution in [0.25, 0.3) is 16.5 Å². The summed E-state index contributed by atoms with van der Waals surface area (Å²) < 4.78 is 0. The second-order valence-electron chi connectivity index (χ2n) is 3.23. The summed E-state index contributed by atoms with van der Waals surface area (Å²) in [6, 6.07) is 4.95. The summed E-state index contributed by atoms with van der Waals surface area (Å²) in [5.74, 6) is 0. The standard InChI is InChI=1S/C12H11N3O2/c13-15-14-7-2-1-6-12-10(8-16)4-3-5-11(12)9-17/h1,3-6,8-9H,2,7H2. The Labute approximate surface area is 98.4 Å². The molecule has 0 amide bonds. The molecule has 0 aliphatic heterocycles. The molecule has 0 N–H and O–H groups in total. The number of aldehydes is 2. The number of carbonyl (C=O) groups excluding carboxylic acids is 2. The van der Waals surface area contributed by atoms with Crippen molar-refractivity contribution in [3.63, 3.8) is 0 Å². The van der Waals surface area contributed by atoms with Gasteiger partial charge in [0.1, 0.15) is 0 Å². The average Bonchev–Trinajstić information content (AvgIpc) is 2.38. The number of hydrogen-bond donors (Lipinski definition) is 0. The van der Waals surface area contributed by atoms with Crippen LogP contribution in [0, 0.1) is 0 Å². The van der Waals surface area contributed by atoms with E-state index >= 15 is 0 Å². The molecule has 0 saturated carbocycles. The Balaban J connectivity index is 2.91. The third-order valence-electron chi connectivity index (χ3n) is 2.17. The van der Waals surface area contributed by atoms with E-state index in [2.05, 4.69) is 10.0 Å². The molecule has 0 radical (unpaired) electrons. The Morgan fingerprint density at radius 3 is 2.41 bits per heavy atom. The summed E-state index contributed by atoms with van der Waals surface area (Å²) in [4.78, 5) is 24.3. The Hall–Kier alpha value is -2.39. The molecule has 0 aliphatic carbocycles. The summed E-state index contributed by atoms with van der Waals surface area (Å²) in [6.07, 6.45) is 5.44. The molecule has 1 aromatic rings. The van der Waals surface area contributed by atoms with Gasteiger partial charge in [0.25, 0.3) is 0 Å². The van der Waals surface area contributed by atoms with E-state index in [1.54, 1.807) is 30.4 Å². The molecule has 0 bridgehead atoms. The Morgan fingerprint density at radius 1 is 1.24 bits per heavy atom. The Morgan fingerprint density at radius 2 is 1.88 bits per heavy atom. The normalized spacial score (nSPS) is 9.88. The second kappa shape index (κ2) is 6.98. The summed E-state index contributed by atoms with van der Waals surface area (Å²) in [5, 5.41) is 3.38. The maximum atomic E-state index is 10.8. The van der Waals surface area contributed by atoms with E-state index < -0.39 is 0 Å². The summed E-state index contributed by atoms with van der Waals surface area (Å²) in [5.41, 5.74) is 9.62. The first-order chi connectivity index (χ1) is 8.33. The van der Waals surface area contributed by atoms with Crippen LogP contribution in [0.1, 0.15) is 32.7 Å². The zero-order valence-electron chi connectivity index (χ0n) is 9.11. The van der Waals surface area contributed by atoms with Crippen LogP contribution in [0.3, 0.4) is 0 Å². The highest BCUT2D eigenvalue weighted by molar-refractivity contribution is 5.90. The molecule has 5 nitrogen and oxygen atoms in total. The van der Waals surface area contributed by atoms with E-state index in [1.165, 1.54) is 0 Å². The molecule has 0 aliphatic rings. The first-order valence-corrected chi connectivity index (χ1v) is 5.04. The number of nitrogens with zero attached hydrogens (tertiary/aromatic N) is 3. The third-order valence-corrected chi connectivity index (χ3v) is 2.17. The molecule has 0 saturated heterocycles. The van der Waals surface area contributed by atoms with Crippen LogP contribution >= 0.6 is 0 Å². The fourth-order valence-electron chi connectivity index (χ4n) is 1.38. The smallest absolute Gasteiger partial charge is 0.150 e. The zero-order valence-corrected chi connectivity index (χ0v) is 9.11. The lowest BCUT2D eigenvalue weighted by Gasteiger charge is -2.01. The highest BCUT2D eigenvalue weighted by Crippen LogP contribution is 2.14. The molecule has 0 fully saturated rings. The van der Waals surface area contributed by atoms with Gasteiger partial charge in [0.15, 0.2) is 12.6 Å². The molecule has 86 valence electrons. The average molecular weight is 229 g/mol. The molecular weight excluding hydrogens is 218 g/mol. The number of azide groups is 1. The lowest BCUT2D eigenvalue weighted by molar-refractivity contribution is 0.112. The fraction of sp³-hybridized carbons (Fsp3) is 0.167. The van der Waals surface area contributed by atoms with Gasteiger partial charge in [-0.3, -0.25) is 9.59 Å². The van der Waals surface area contributed by atoms with Crippen molar-refractivity contribution in [3.8, 4) is 0 Å². The summed E-state index contributed by atoms with van der Waals surface area (Å²) >= 11 is 0. The van der Waals surface area contributed by atoms with Crippen molar-refractivity contribution in [2.24, 2.45) is 5.11 Å². The van der Waals surface area contributed by atoms with Crippen molar-refractivity contribution < 1.29 is 9.59 Å². The largest absolute Gasteiger partial charge is 0.298 e. The van der Waals surface area contributed by atoms with Crippen molar-refractivity contribution in [2.75, 3.05) is 6.54 Å². The van der Waals surface area contributed by atoms with Gasteiger partial charge in [-0.2, -0.15) is 0 Å². The van der Waals surface area contributed by atoms with Gasteiger partial charge in [0, 0.05) is 22.6 Å². The maximum Gasteiger partial charge on any atom is 0.150 e. The quantitative estimate of drug-likeness (QED) is 0.247. The van der Waals surface area contributed by atoms with E-state index in [0.29, 0.717) is 42.2 Å². The molecular formula is C12H11N3O2. The highest BCUT2D eigenvalue weighted by Gasteiger charge is 2.03. The SMILES string of the molecule is [N-]=[N+]=NCCC=Cc1c(C=O)cccc1C=O. The molecule has 0 spiro atoms. The highest BCUT2D eigenvalue weighted by atomic mass is 16.1. The number of rotatable bonds is 6. The molecule has 1 rings (SSSR count). The van der Waals surface area contributed by atoms with E-state index in [-0.39, 0.29) is 0 Å². The van der Waals surface area contributed by atoms with Crippen LogP contribution in [0.4, 0.5) is 0 Å². The third kappa shape index (κ3) is 3.59. The topological polar surface area (TPSA) is 82.9 Å². The molecule has 5 heteroatoms. The molecule has 0 atom stereocenters. The first kappa shape index (κ1) is 12.7. The Bertz CT molecular complexity index is 462. The van der Waals surface area contributed by atoms with Crippen molar-refractivity contribution in [1.82, 2.24) is 0 Å². The zero-order chi connectivity index (χ0) is 12.5. The molecule has 0 heterocycles. The molecule has 0 aromatic heterocycles. The minimum Gasteiger partial charge on any atom is -0.298 e. The van der Waals surface area contributed by atoms with Crippen LogP contribution in [-0.2, 0) is 0 Å². The molecule has 17 heavy (non-hydrogen) atoms. The van der Waals surface area contributed by atoms with Crippen molar-refractivity contribution in [1.29, 1.82) is 0 Å². The van der Waals surface area contributed by atoms with Crippen molar-refractivity contribution >= 4 is 18.6 Å². The summed E-state index contributed by atoms with van der Waals surface area (Å²) in [6.45, 7) is 0.354.